The van der Waals surface area contributed by atoms with E-state index in [0.29, 0.717) is 0 Å². The molecule has 2 atom stereocenters. The third kappa shape index (κ3) is 10.4. The summed E-state index contributed by atoms with van der Waals surface area (Å²) in [5, 5.41) is 0. The summed E-state index contributed by atoms with van der Waals surface area (Å²) in [4.78, 5) is 9.63. The normalized spacial score (nSPS) is 15.6. The van der Waals surface area contributed by atoms with E-state index in [2.05, 4.69) is 323 Å². The van der Waals surface area contributed by atoms with E-state index < -0.39 is 0 Å². The first kappa shape index (κ1) is 47.6. The van der Waals surface area contributed by atoms with Crippen LogP contribution in [-0.2, 0) is 0 Å². The van der Waals surface area contributed by atoms with Crippen molar-refractivity contribution in [2.45, 2.75) is 37.8 Å². The Labute approximate surface area is 448 Å². The van der Waals surface area contributed by atoms with E-state index in [0.717, 1.165) is 59.8 Å². The number of rotatable bonds is 15. The van der Waals surface area contributed by atoms with Crippen LogP contribution in [0.2, 0.25) is 0 Å². The number of allylic oxidation sites excluding steroid dienone is 8. The minimum absolute atomic E-state index is 0.200. The van der Waals surface area contributed by atoms with Crippen LogP contribution < -0.4 is 19.6 Å². The average molecular weight is 981 g/mol. The number of para-hydroxylation sites is 4. The van der Waals surface area contributed by atoms with Crippen molar-refractivity contribution in [2.24, 2.45) is 0 Å². The van der Waals surface area contributed by atoms with Gasteiger partial charge in [-0.15, -0.1) is 0 Å². The van der Waals surface area contributed by atoms with Crippen molar-refractivity contribution < 1.29 is 0 Å². The molecule has 0 aliphatic heterocycles. The van der Waals surface area contributed by atoms with Crippen LogP contribution in [0.4, 0.5) is 51.2 Å². The van der Waals surface area contributed by atoms with Crippen molar-refractivity contribution in [1.29, 1.82) is 0 Å². The lowest BCUT2D eigenvalue weighted by Crippen LogP contribution is -2.34. The Hall–Kier alpha value is -9.38. The first-order valence-electron chi connectivity index (χ1n) is 26.7. The standard InChI is InChI=1S/C72H60N4/c1-7-19-61(20-8-1)73(62-21-9-2-10-22-62)67-43-31-55(32-44-67)57-35-47-69(48-36-57)75(65-27-15-5-16-28-65)71-51-39-59(40-52-71)60-41-53-72(54-42-60)76(66-29-17-6-18-30-66)70-49-37-58(38-50-70)56-33-45-68(46-34-56)74(63-23-11-3-12-24-63)64-25-13-4-14-26-64/h1-17,19-25,27-29,31-53,64,72H,18,26,30,54H2. The minimum atomic E-state index is 0.200. The molecule has 0 N–H and O–H groups in total. The fourth-order valence-corrected chi connectivity index (χ4v) is 10.9. The Morgan fingerprint density at radius 1 is 0.303 bits per heavy atom. The van der Waals surface area contributed by atoms with E-state index in [1.54, 1.807) is 0 Å². The summed E-state index contributed by atoms with van der Waals surface area (Å²) in [5.74, 6) is 0. The number of anilines is 9. The fraction of sp³-hybridized carbons (Fsp3) is 0.0833. The molecule has 0 heterocycles. The van der Waals surface area contributed by atoms with Crippen LogP contribution in [0.3, 0.4) is 0 Å². The largest absolute Gasteiger partial charge is 0.338 e. The van der Waals surface area contributed by atoms with Crippen molar-refractivity contribution in [1.82, 2.24) is 0 Å². The summed E-state index contributed by atoms with van der Waals surface area (Å²) in [7, 11) is 0. The highest BCUT2D eigenvalue weighted by Gasteiger charge is 2.24. The highest BCUT2D eigenvalue weighted by atomic mass is 15.2. The molecule has 76 heavy (non-hydrogen) atoms. The van der Waals surface area contributed by atoms with Gasteiger partial charge in [-0.3, -0.25) is 0 Å². The third-order valence-electron chi connectivity index (χ3n) is 14.7. The molecule has 12 rings (SSSR count). The lowest BCUT2D eigenvalue weighted by molar-refractivity contribution is 0.722. The Bertz CT molecular complexity index is 3500. The van der Waals surface area contributed by atoms with Gasteiger partial charge in [-0.1, -0.05) is 188 Å². The second-order valence-electron chi connectivity index (χ2n) is 19.5. The van der Waals surface area contributed by atoms with Gasteiger partial charge in [-0.25, -0.2) is 0 Å². The lowest BCUT2D eigenvalue weighted by Gasteiger charge is -2.36. The van der Waals surface area contributed by atoms with Gasteiger partial charge in [0, 0.05) is 56.9 Å². The van der Waals surface area contributed by atoms with E-state index >= 15 is 0 Å². The predicted molar refractivity (Wildman–Crippen MR) is 323 cm³/mol. The molecule has 4 heteroatoms. The summed E-state index contributed by atoms with van der Waals surface area (Å²) < 4.78 is 0. The molecular weight excluding hydrogens is 921 g/mol. The highest BCUT2D eigenvalue weighted by molar-refractivity contribution is 5.83. The van der Waals surface area contributed by atoms with Gasteiger partial charge >= 0.3 is 0 Å². The Balaban J connectivity index is 0.749. The summed E-state index contributed by atoms with van der Waals surface area (Å²) in [6.07, 6.45) is 26.7. The molecule has 0 amide bonds. The first-order valence-corrected chi connectivity index (χ1v) is 26.7. The molecule has 9 aromatic rings. The summed E-state index contributed by atoms with van der Waals surface area (Å²) in [5.41, 5.74) is 18.9. The molecule has 2 unspecified atom stereocenters. The van der Waals surface area contributed by atoms with Gasteiger partial charge in [-0.05, 0) is 174 Å². The van der Waals surface area contributed by atoms with Gasteiger partial charge in [0.15, 0.2) is 0 Å². The Morgan fingerprint density at radius 3 is 1.08 bits per heavy atom. The maximum atomic E-state index is 2.55. The van der Waals surface area contributed by atoms with Crippen LogP contribution in [0.5, 0.6) is 0 Å². The zero-order valence-electron chi connectivity index (χ0n) is 42.6. The van der Waals surface area contributed by atoms with Crippen LogP contribution in [0.15, 0.2) is 309 Å². The molecule has 0 radical (unpaired) electrons. The molecule has 0 aromatic heterocycles. The van der Waals surface area contributed by atoms with Crippen LogP contribution in [0.1, 0.15) is 31.2 Å². The van der Waals surface area contributed by atoms with Gasteiger partial charge in [0.2, 0.25) is 0 Å². The van der Waals surface area contributed by atoms with E-state index in [9.17, 15) is 0 Å². The van der Waals surface area contributed by atoms with Crippen LogP contribution in [0, 0.1) is 0 Å². The molecule has 0 saturated carbocycles. The summed E-state index contributed by atoms with van der Waals surface area (Å²) in [6, 6.07) is 88.1. The Kier molecular flexibility index (Phi) is 14.0. The van der Waals surface area contributed by atoms with Crippen molar-refractivity contribution in [3.63, 3.8) is 0 Å². The molecule has 0 bridgehead atoms. The first-order chi connectivity index (χ1) is 37.7. The second kappa shape index (κ2) is 22.4. The van der Waals surface area contributed by atoms with Gasteiger partial charge in [0.05, 0.1) is 12.1 Å². The molecule has 0 spiro atoms. The van der Waals surface area contributed by atoms with Gasteiger partial charge < -0.3 is 19.6 Å². The van der Waals surface area contributed by atoms with Crippen molar-refractivity contribution in [3.8, 4) is 22.3 Å². The zero-order chi connectivity index (χ0) is 50.9. The smallest absolute Gasteiger partial charge is 0.0559 e. The summed E-state index contributed by atoms with van der Waals surface area (Å²) >= 11 is 0. The SMILES string of the molecule is C1=CCCC(N(c2ccc(-c3ccc(N(c4ccccc4)C4C=CC=CC4)cc3)cc2)C2C=CC(c3ccc(N(c4ccccc4)c4ccc(-c5ccc(N(c6ccccc6)c6ccccc6)cc5)cc4)cc3)=CC2)=C1. The zero-order valence-corrected chi connectivity index (χ0v) is 42.6. The van der Waals surface area contributed by atoms with E-state index in [4.69, 9.17) is 0 Å². The third-order valence-corrected chi connectivity index (χ3v) is 14.7. The maximum Gasteiger partial charge on any atom is 0.0559 e. The van der Waals surface area contributed by atoms with E-state index in [-0.39, 0.29) is 12.1 Å². The fourth-order valence-electron chi connectivity index (χ4n) is 10.9. The van der Waals surface area contributed by atoms with Gasteiger partial charge in [0.25, 0.3) is 0 Å². The molecular formula is C72H60N4. The number of benzene rings is 9. The monoisotopic (exact) mass is 980 g/mol. The second-order valence-corrected chi connectivity index (χ2v) is 19.5. The maximum absolute atomic E-state index is 2.55. The average Bonchev–Trinajstić information content (AvgIpc) is 3.50. The number of hydrogen-bond acceptors (Lipinski definition) is 4. The molecule has 0 saturated heterocycles. The van der Waals surface area contributed by atoms with E-state index in [1.807, 2.05) is 0 Å². The highest BCUT2D eigenvalue weighted by Crippen LogP contribution is 2.40. The van der Waals surface area contributed by atoms with Crippen LogP contribution >= 0.6 is 0 Å². The molecule has 9 aromatic carbocycles. The van der Waals surface area contributed by atoms with Gasteiger partial charge in [-0.2, -0.15) is 0 Å². The van der Waals surface area contributed by atoms with Crippen molar-refractivity contribution in [3.05, 3.63) is 315 Å². The van der Waals surface area contributed by atoms with Crippen molar-refractivity contribution >= 4 is 56.8 Å². The van der Waals surface area contributed by atoms with Crippen molar-refractivity contribution in [2.75, 3.05) is 19.6 Å². The minimum Gasteiger partial charge on any atom is -0.338 e. The molecule has 4 nitrogen and oxygen atoms in total. The Morgan fingerprint density at radius 2 is 0.684 bits per heavy atom. The number of hydrogen-bond donors (Lipinski definition) is 0. The van der Waals surface area contributed by atoms with Crippen LogP contribution in [0.25, 0.3) is 27.8 Å². The molecule has 3 aliphatic rings. The number of nitrogens with zero attached hydrogens (tertiary/aromatic N) is 4. The molecule has 3 aliphatic carbocycles. The van der Waals surface area contributed by atoms with Crippen LogP contribution in [-0.4, -0.2) is 12.1 Å². The lowest BCUT2D eigenvalue weighted by atomic mass is 9.94. The topological polar surface area (TPSA) is 13.0 Å². The quantitative estimate of drug-likeness (QED) is 0.101. The van der Waals surface area contributed by atoms with E-state index in [1.165, 1.54) is 56.1 Å². The molecule has 0 fully saturated rings. The van der Waals surface area contributed by atoms with Gasteiger partial charge in [0.1, 0.15) is 0 Å². The molecule has 368 valence electrons. The predicted octanol–water partition coefficient (Wildman–Crippen LogP) is 19.4. The summed E-state index contributed by atoms with van der Waals surface area (Å²) in [6.45, 7) is 0.